The number of fused-ring (bicyclic) bond motifs is 1. The van der Waals surface area contributed by atoms with Crippen LogP contribution in [0.4, 0.5) is 5.82 Å². The highest BCUT2D eigenvalue weighted by Crippen LogP contribution is 2.57. The van der Waals surface area contributed by atoms with Gasteiger partial charge in [-0.2, -0.15) is 0 Å². The molecule has 1 unspecified atom stereocenters. The Labute approximate surface area is 205 Å². The third-order valence-corrected chi connectivity index (χ3v) is 7.66. The molecule has 0 aliphatic carbocycles. The number of methoxy groups -OCH3 is 1. The highest BCUT2D eigenvalue weighted by molar-refractivity contribution is 7.48. The van der Waals surface area contributed by atoms with Gasteiger partial charge in [-0.3, -0.25) is 13.6 Å². The molecule has 0 saturated carbocycles. The van der Waals surface area contributed by atoms with Gasteiger partial charge in [-0.1, -0.05) is 23.7 Å². The number of nitrogen functional groups attached to an aromatic ring is 1. The molecule has 0 radical (unpaired) electrons. The van der Waals surface area contributed by atoms with E-state index in [0.717, 1.165) is 0 Å². The minimum absolute atomic E-state index is 0.0548. The molecule has 2 aromatic heterocycles. The van der Waals surface area contributed by atoms with Crippen molar-refractivity contribution in [3.05, 3.63) is 53.4 Å². The van der Waals surface area contributed by atoms with Crippen molar-refractivity contribution in [3.8, 4) is 0 Å². The summed E-state index contributed by atoms with van der Waals surface area (Å²) in [5, 5.41) is 22.3. The molecule has 12 nitrogen and oxygen atoms in total. The number of nitrogens with two attached hydrogens (primary N) is 1. The molecule has 0 amide bonds. The number of ether oxygens (including phenoxy) is 2. The normalized spacial score (nSPS) is 33.4. The lowest BCUT2D eigenvalue weighted by atomic mass is 10.1. The van der Waals surface area contributed by atoms with Crippen molar-refractivity contribution in [2.45, 2.75) is 36.7 Å². The van der Waals surface area contributed by atoms with Gasteiger partial charge in [0.2, 0.25) is 0 Å². The van der Waals surface area contributed by atoms with Crippen LogP contribution in [0.5, 0.6) is 0 Å². The molecule has 0 bridgehead atoms. The van der Waals surface area contributed by atoms with Gasteiger partial charge in [0.05, 0.1) is 18.6 Å². The third-order valence-electron chi connectivity index (χ3n) is 6.01. The molecule has 2 saturated heterocycles. The number of aliphatic hydroxyl groups excluding tert-OH is 2. The van der Waals surface area contributed by atoms with Crippen molar-refractivity contribution in [3.63, 3.8) is 0 Å². The summed E-state index contributed by atoms with van der Waals surface area (Å²) in [6.07, 6.45) is -3.08. The Kier molecular flexibility index (Phi) is 6.83. The van der Waals surface area contributed by atoms with Crippen LogP contribution in [-0.4, -0.2) is 69.5 Å². The van der Waals surface area contributed by atoms with Gasteiger partial charge in [0.25, 0.3) is 0 Å². The van der Waals surface area contributed by atoms with E-state index in [0.29, 0.717) is 21.6 Å². The minimum atomic E-state index is -4.06. The average Bonchev–Trinajstić information content (AvgIpc) is 3.40. The van der Waals surface area contributed by atoms with Crippen LogP contribution < -0.4 is 5.73 Å². The zero-order valence-corrected chi connectivity index (χ0v) is 20.2. The first-order chi connectivity index (χ1) is 16.8. The number of hydrogen-bond acceptors (Lipinski definition) is 11. The monoisotopic (exact) mass is 526 g/mol. The topological polar surface area (TPSA) is 160 Å². The molecule has 14 heteroatoms. The van der Waals surface area contributed by atoms with Crippen LogP contribution in [0.3, 0.4) is 0 Å². The van der Waals surface area contributed by atoms with Gasteiger partial charge < -0.3 is 30.0 Å². The predicted octanol–water partition coefficient (Wildman–Crippen LogP) is 2.21. The molecular weight excluding hydrogens is 503 g/mol. The Balaban J connectivity index is 1.29. The van der Waals surface area contributed by atoms with Gasteiger partial charge in [0.1, 0.15) is 48.3 Å². The maximum absolute atomic E-state index is 13.2. The lowest BCUT2D eigenvalue weighted by Crippen LogP contribution is -2.35. The maximum atomic E-state index is 13.2. The Morgan fingerprint density at radius 3 is 2.89 bits per heavy atom. The number of rotatable bonds is 6. The van der Waals surface area contributed by atoms with Crippen molar-refractivity contribution in [2.24, 2.45) is 0 Å². The van der Waals surface area contributed by atoms with Gasteiger partial charge in [-0.25, -0.2) is 14.5 Å². The summed E-state index contributed by atoms with van der Waals surface area (Å²) >= 11 is 6.09. The summed E-state index contributed by atoms with van der Waals surface area (Å²) in [7, 11) is -2.58. The van der Waals surface area contributed by atoms with Crippen molar-refractivity contribution >= 4 is 36.3 Å². The van der Waals surface area contributed by atoms with Gasteiger partial charge in [0, 0.05) is 18.3 Å². The SMILES string of the molecule is CO[C@H]1COP(=O)(OC[C@H]2O[C@@H](n3ccc4c(N)ncnc43)[C@H](O)[C@@H]2O)O[C@@H]1c1cccc(Cl)c1. The number of aromatic nitrogens is 3. The Morgan fingerprint density at radius 1 is 1.29 bits per heavy atom. The van der Waals surface area contributed by atoms with Crippen molar-refractivity contribution in [1.29, 1.82) is 0 Å². The standard InChI is InChI=1S/C21H24ClN4O8P/c1-30-15-9-32-35(29,34-18(15)11-3-2-4-12(22)7-11)31-8-14-16(27)17(28)21(33-14)26-6-5-13-19(23)24-10-25-20(13)26/h2-7,10,14-18,21,27-28H,8-9H2,1H3,(H2,23,24,25)/t14-,15+,16-,17-,18-,21-,35?/m1/s1. The highest BCUT2D eigenvalue weighted by Gasteiger charge is 2.47. The lowest BCUT2D eigenvalue weighted by molar-refractivity contribution is -0.0935. The average molecular weight is 527 g/mol. The quantitative estimate of drug-likeness (QED) is 0.404. The first-order valence-corrected chi connectivity index (χ1v) is 12.6. The fourth-order valence-corrected chi connectivity index (χ4v) is 5.75. The van der Waals surface area contributed by atoms with Crippen molar-refractivity contribution in [1.82, 2.24) is 14.5 Å². The zero-order chi connectivity index (χ0) is 24.7. The van der Waals surface area contributed by atoms with Crippen LogP contribution in [0.25, 0.3) is 11.0 Å². The first-order valence-electron chi connectivity index (χ1n) is 10.7. The number of nitrogens with zero attached hydrogens (tertiary/aromatic N) is 3. The van der Waals surface area contributed by atoms with Gasteiger partial charge in [0.15, 0.2) is 6.23 Å². The lowest BCUT2D eigenvalue weighted by Gasteiger charge is -2.35. The third kappa shape index (κ3) is 4.69. The van der Waals surface area contributed by atoms with Gasteiger partial charge in [-0.05, 0) is 23.8 Å². The van der Waals surface area contributed by atoms with Crippen LogP contribution >= 0.6 is 19.4 Å². The number of halogens is 1. The molecule has 35 heavy (non-hydrogen) atoms. The van der Waals surface area contributed by atoms with E-state index in [9.17, 15) is 14.8 Å². The number of phosphoric ester groups is 1. The molecule has 1 aromatic carbocycles. The van der Waals surface area contributed by atoms with E-state index in [1.54, 1.807) is 36.5 Å². The van der Waals surface area contributed by atoms with Crippen LogP contribution in [0.15, 0.2) is 42.9 Å². The van der Waals surface area contributed by atoms with Crippen LogP contribution in [0, 0.1) is 0 Å². The highest BCUT2D eigenvalue weighted by atomic mass is 35.5. The molecule has 0 spiro atoms. The molecule has 3 aromatic rings. The largest absolute Gasteiger partial charge is 0.475 e. The van der Waals surface area contributed by atoms with E-state index in [1.807, 2.05) is 0 Å². The number of hydrogen-bond donors (Lipinski definition) is 3. The molecule has 4 heterocycles. The van der Waals surface area contributed by atoms with E-state index in [4.69, 9.17) is 40.4 Å². The molecular formula is C21H24ClN4O8P. The molecule has 188 valence electrons. The smallest absolute Gasteiger partial charge is 0.387 e. The van der Waals surface area contributed by atoms with Crippen LogP contribution in [0.1, 0.15) is 17.9 Å². The summed E-state index contributed by atoms with van der Waals surface area (Å²) < 4.78 is 42.6. The molecule has 2 aliphatic rings. The number of phosphoric acid groups is 1. The van der Waals surface area contributed by atoms with E-state index in [2.05, 4.69) is 9.97 Å². The Bertz CT molecular complexity index is 1260. The summed E-state index contributed by atoms with van der Waals surface area (Å²) in [6.45, 7) is -0.428. The summed E-state index contributed by atoms with van der Waals surface area (Å²) in [4.78, 5) is 8.12. The van der Waals surface area contributed by atoms with E-state index in [-0.39, 0.29) is 19.0 Å². The van der Waals surface area contributed by atoms with Crippen molar-refractivity contribution < 1.29 is 37.8 Å². The number of anilines is 1. The fraction of sp³-hybridized carbons (Fsp3) is 0.429. The zero-order valence-electron chi connectivity index (χ0n) is 18.5. The number of benzene rings is 1. The molecule has 5 rings (SSSR count). The Hall–Kier alpha value is -2.12. The maximum Gasteiger partial charge on any atom is 0.475 e. The van der Waals surface area contributed by atoms with E-state index in [1.165, 1.54) is 18.0 Å². The minimum Gasteiger partial charge on any atom is -0.387 e. The van der Waals surface area contributed by atoms with Crippen molar-refractivity contribution in [2.75, 3.05) is 26.1 Å². The first kappa shape index (κ1) is 24.6. The van der Waals surface area contributed by atoms with Crippen LogP contribution in [0.2, 0.25) is 5.02 Å². The molecule has 2 aliphatic heterocycles. The van der Waals surface area contributed by atoms with E-state index >= 15 is 0 Å². The molecule has 7 atom stereocenters. The Morgan fingerprint density at radius 2 is 2.11 bits per heavy atom. The summed E-state index contributed by atoms with van der Waals surface area (Å²) in [6, 6.07) is 8.57. The van der Waals surface area contributed by atoms with Crippen LogP contribution in [-0.2, 0) is 27.6 Å². The summed E-state index contributed by atoms with van der Waals surface area (Å²) in [5.74, 6) is 0.273. The second kappa shape index (κ2) is 9.74. The second-order valence-electron chi connectivity index (χ2n) is 8.16. The van der Waals surface area contributed by atoms with E-state index < -0.39 is 44.6 Å². The second-order valence-corrected chi connectivity index (χ2v) is 10.2. The number of aliphatic hydroxyl groups is 2. The molecule has 2 fully saturated rings. The van der Waals surface area contributed by atoms with Gasteiger partial charge >= 0.3 is 7.82 Å². The predicted molar refractivity (Wildman–Crippen MR) is 123 cm³/mol. The van der Waals surface area contributed by atoms with Gasteiger partial charge in [-0.15, -0.1) is 0 Å². The molecule has 4 N–H and O–H groups in total. The fourth-order valence-electron chi connectivity index (χ4n) is 4.17. The summed E-state index contributed by atoms with van der Waals surface area (Å²) in [5.41, 5.74) is 6.94.